The normalized spacial score (nSPS) is 14.4. The molecule has 0 spiro atoms. The average molecular weight is 276 g/mol. The van der Waals surface area contributed by atoms with Gasteiger partial charge >= 0.3 is 11.6 Å². The number of rotatable bonds is 4. The molecule has 0 fully saturated rings. The van der Waals surface area contributed by atoms with Crippen LogP contribution in [-0.2, 0) is 11.3 Å². The van der Waals surface area contributed by atoms with Gasteiger partial charge < -0.3 is 19.5 Å². The van der Waals surface area contributed by atoms with Crippen molar-refractivity contribution < 1.29 is 19.4 Å². The number of carbonyl (C=O) groups is 1. The third-order valence-electron chi connectivity index (χ3n) is 3.03. The van der Waals surface area contributed by atoms with Gasteiger partial charge in [0.2, 0.25) is 11.2 Å². The predicted molar refractivity (Wildman–Crippen MR) is 69.7 cm³/mol. The van der Waals surface area contributed by atoms with Gasteiger partial charge in [-0.2, -0.15) is 0 Å². The topological polar surface area (TPSA) is 87.2 Å². The number of nitrogens with zero attached hydrogens (tertiary/aromatic N) is 3. The molecule has 104 valence electrons. The molecule has 1 amide bonds. The minimum Gasteiger partial charge on any atom is -0.504 e. The second-order valence-corrected chi connectivity index (χ2v) is 4.25. The molecule has 1 heterocycles. The van der Waals surface area contributed by atoms with Gasteiger partial charge in [0.1, 0.15) is 0 Å². The molecule has 1 N–H and O–H groups in total. The van der Waals surface area contributed by atoms with Crippen LogP contribution in [0.25, 0.3) is 4.98 Å². The molecule has 0 unspecified atom stereocenters. The van der Waals surface area contributed by atoms with Crippen molar-refractivity contribution in [2.24, 2.45) is 0 Å². The van der Waals surface area contributed by atoms with Gasteiger partial charge in [-0.1, -0.05) is 6.07 Å². The summed E-state index contributed by atoms with van der Waals surface area (Å²) in [7, 11) is 3.07. The van der Waals surface area contributed by atoms with Crippen LogP contribution in [0.3, 0.4) is 0 Å². The lowest BCUT2D eigenvalue weighted by Gasteiger charge is -2.15. The number of amides is 1. The van der Waals surface area contributed by atoms with Gasteiger partial charge in [-0.15, -0.1) is 0 Å². The van der Waals surface area contributed by atoms with Crippen LogP contribution in [0.4, 0.5) is 0 Å². The Bertz CT molecular complexity index is 619. The first kappa shape index (κ1) is 13.7. The molecular weight excluding hydrogens is 262 g/mol. The molecule has 1 aliphatic heterocycles. The number of benzene rings is 1. The molecule has 1 aliphatic rings. The summed E-state index contributed by atoms with van der Waals surface area (Å²) in [6, 6.07) is 5.27. The zero-order valence-corrected chi connectivity index (χ0v) is 11.2. The number of aliphatic hydroxyl groups excluding tert-OH is 1. The standard InChI is InChI=1S/C13H13N3O4/c1-19-10-4-3-8(5-11(10)20-2)6-16-7-9(17)12(15-14)13(16)18/h3-5H,6-7H2,1-2H3/p+1. The summed E-state index contributed by atoms with van der Waals surface area (Å²) in [5.41, 5.74) is 0.494. The van der Waals surface area contributed by atoms with Gasteiger partial charge in [-0.3, -0.25) is 4.79 Å². The first-order valence-corrected chi connectivity index (χ1v) is 5.88. The van der Waals surface area contributed by atoms with Crippen LogP contribution in [-0.4, -0.2) is 36.7 Å². The molecule has 0 saturated carbocycles. The van der Waals surface area contributed by atoms with Gasteiger partial charge in [0, 0.05) is 6.54 Å². The Morgan fingerprint density at radius 2 is 2.05 bits per heavy atom. The van der Waals surface area contributed by atoms with E-state index in [9.17, 15) is 9.90 Å². The maximum absolute atomic E-state index is 11.8. The highest BCUT2D eigenvalue weighted by molar-refractivity contribution is 5.98. The van der Waals surface area contributed by atoms with E-state index < -0.39 is 5.91 Å². The van der Waals surface area contributed by atoms with Gasteiger partial charge in [0.05, 0.1) is 20.8 Å². The zero-order valence-electron chi connectivity index (χ0n) is 11.2. The van der Waals surface area contributed by atoms with E-state index in [4.69, 9.17) is 14.9 Å². The molecule has 1 aromatic rings. The Morgan fingerprint density at radius 3 is 2.60 bits per heavy atom. The van der Waals surface area contributed by atoms with Crippen LogP contribution in [0.5, 0.6) is 11.5 Å². The molecule has 1 aromatic carbocycles. The van der Waals surface area contributed by atoms with Gasteiger partial charge in [-0.25, -0.2) is 0 Å². The maximum Gasteiger partial charge on any atom is 0.487 e. The number of aliphatic hydroxyl groups is 1. The Labute approximate surface area is 115 Å². The monoisotopic (exact) mass is 276 g/mol. The van der Waals surface area contributed by atoms with Crippen LogP contribution in [0, 0.1) is 5.39 Å². The quantitative estimate of drug-likeness (QED) is 0.845. The van der Waals surface area contributed by atoms with Crippen molar-refractivity contribution in [2.45, 2.75) is 6.54 Å². The predicted octanol–water partition coefficient (Wildman–Crippen LogP) is 1.67. The SMILES string of the molecule is COc1ccc(CN2CC(O)=C([N+]#N)C2=O)cc1OC. The molecule has 2 rings (SSSR count). The summed E-state index contributed by atoms with van der Waals surface area (Å²) < 4.78 is 10.3. The molecular formula is C13H14N3O4+. The maximum atomic E-state index is 11.8. The summed E-state index contributed by atoms with van der Waals surface area (Å²) >= 11 is 0. The van der Waals surface area contributed by atoms with Crippen LogP contribution < -0.4 is 9.47 Å². The average Bonchev–Trinajstić information content (AvgIpc) is 2.72. The van der Waals surface area contributed by atoms with Crippen molar-refractivity contribution in [1.29, 1.82) is 5.39 Å². The minimum atomic E-state index is -0.514. The van der Waals surface area contributed by atoms with Crippen molar-refractivity contribution in [2.75, 3.05) is 20.8 Å². The Balaban J connectivity index is 2.17. The van der Waals surface area contributed by atoms with Crippen LogP contribution >= 0.6 is 0 Å². The second-order valence-electron chi connectivity index (χ2n) is 4.25. The molecule has 0 aromatic heterocycles. The van der Waals surface area contributed by atoms with E-state index in [0.717, 1.165) is 5.56 Å². The van der Waals surface area contributed by atoms with E-state index in [2.05, 4.69) is 4.98 Å². The van der Waals surface area contributed by atoms with E-state index in [1.807, 2.05) is 0 Å². The van der Waals surface area contributed by atoms with Crippen molar-refractivity contribution in [1.82, 2.24) is 4.90 Å². The van der Waals surface area contributed by atoms with Crippen molar-refractivity contribution in [3.8, 4) is 11.5 Å². The van der Waals surface area contributed by atoms with Gasteiger partial charge in [-0.05, 0) is 17.7 Å². The van der Waals surface area contributed by atoms with Gasteiger partial charge in [0.25, 0.3) is 0 Å². The van der Waals surface area contributed by atoms with Crippen LogP contribution in [0.15, 0.2) is 29.7 Å². The van der Waals surface area contributed by atoms with Crippen molar-refractivity contribution in [3.63, 3.8) is 0 Å². The number of diazo groups is 1. The Morgan fingerprint density at radius 1 is 1.35 bits per heavy atom. The van der Waals surface area contributed by atoms with E-state index >= 15 is 0 Å². The third kappa shape index (κ3) is 2.36. The lowest BCUT2D eigenvalue weighted by molar-refractivity contribution is -0.125. The van der Waals surface area contributed by atoms with Crippen molar-refractivity contribution >= 4 is 5.91 Å². The summed E-state index contributed by atoms with van der Waals surface area (Å²) in [5, 5.41) is 18.2. The first-order valence-electron chi connectivity index (χ1n) is 5.88. The number of hydrogen-bond acceptors (Lipinski definition) is 5. The molecule has 20 heavy (non-hydrogen) atoms. The molecule has 0 aliphatic carbocycles. The van der Waals surface area contributed by atoms with Gasteiger partial charge in [0.15, 0.2) is 16.5 Å². The third-order valence-corrected chi connectivity index (χ3v) is 3.03. The van der Waals surface area contributed by atoms with E-state index in [1.165, 1.54) is 12.0 Å². The summed E-state index contributed by atoms with van der Waals surface area (Å²) in [6.45, 7) is 0.287. The molecule has 0 saturated heterocycles. The van der Waals surface area contributed by atoms with Crippen molar-refractivity contribution in [3.05, 3.63) is 40.2 Å². The Kier molecular flexibility index (Phi) is 3.75. The second kappa shape index (κ2) is 5.48. The minimum absolute atomic E-state index is 0.0204. The van der Waals surface area contributed by atoms with Crippen LogP contribution in [0.1, 0.15) is 5.56 Å². The lowest BCUT2D eigenvalue weighted by Crippen LogP contribution is -2.26. The lowest BCUT2D eigenvalue weighted by atomic mass is 10.2. The van der Waals surface area contributed by atoms with E-state index in [1.54, 1.807) is 25.3 Å². The molecule has 7 heteroatoms. The number of hydrogen-bond donors (Lipinski definition) is 1. The summed E-state index contributed by atoms with van der Waals surface area (Å²) in [4.78, 5) is 16.0. The largest absolute Gasteiger partial charge is 0.504 e. The zero-order chi connectivity index (χ0) is 14.7. The smallest absolute Gasteiger partial charge is 0.487 e. The summed E-state index contributed by atoms with van der Waals surface area (Å²) in [5.74, 6) is 0.398. The fraction of sp³-hybridized carbons (Fsp3) is 0.308. The number of carbonyl (C=O) groups excluding carboxylic acids is 1. The molecule has 7 nitrogen and oxygen atoms in total. The number of ether oxygens (including phenoxy) is 2. The highest BCUT2D eigenvalue weighted by Gasteiger charge is 2.41. The molecule has 0 bridgehead atoms. The molecule has 0 radical (unpaired) electrons. The van der Waals surface area contributed by atoms with E-state index in [0.29, 0.717) is 11.5 Å². The first-order chi connectivity index (χ1) is 9.60. The fourth-order valence-corrected chi connectivity index (χ4v) is 2.03. The highest BCUT2D eigenvalue weighted by Crippen LogP contribution is 2.29. The Hall–Kier alpha value is -2.75. The number of methoxy groups -OCH3 is 2. The van der Waals surface area contributed by atoms with Crippen LogP contribution in [0.2, 0.25) is 0 Å². The molecule has 0 atom stereocenters. The summed E-state index contributed by atoms with van der Waals surface area (Å²) in [6.07, 6.45) is 0. The van der Waals surface area contributed by atoms with E-state index in [-0.39, 0.29) is 24.5 Å². The highest BCUT2D eigenvalue weighted by atomic mass is 16.5. The fourth-order valence-electron chi connectivity index (χ4n) is 2.03.